The molecule has 3 heterocycles. The summed E-state index contributed by atoms with van der Waals surface area (Å²) in [4.78, 5) is 16.9. The van der Waals surface area contributed by atoms with E-state index in [0.717, 1.165) is 23.1 Å². The average Bonchev–Trinajstić information content (AvgIpc) is 3.33. The zero-order chi connectivity index (χ0) is 17.4. The zero-order valence-corrected chi connectivity index (χ0v) is 14.9. The molecule has 1 amide bonds. The van der Waals surface area contributed by atoms with Crippen molar-refractivity contribution in [2.24, 2.45) is 5.92 Å². The highest BCUT2D eigenvalue weighted by Gasteiger charge is 2.31. The fraction of sp³-hybridized carbons (Fsp3) is 0.333. The number of nitrogens with zero attached hydrogens (tertiary/aromatic N) is 1. The van der Waals surface area contributed by atoms with Gasteiger partial charge in [-0.1, -0.05) is 32.0 Å². The first kappa shape index (κ1) is 16.3. The summed E-state index contributed by atoms with van der Waals surface area (Å²) in [6, 6.07) is 9.87. The molecule has 0 radical (unpaired) electrons. The average molecular weight is 356 g/mol. The molecule has 1 aliphatic rings. The first-order valence-electron chi connectivity index (χ1n) is 8.36. The van der Waals surface area contributed by atoms with Crippen LogP contribution in [0.5, 0.6) is 0 Å². The second-order valence-corrected chi connectivity index (χ2v) is 7.46. The number of hydrogen-bond acceptors (Lipinski definition) is 6. The van der Waals surface area contributed by atoms with Crippen molar-refractivity contribution in [2.45, 2.75) is 32.4 Å². The van der Waals surface area contributed by atoms with Crippen LogP contribution in [0.1, 0.15) is 20.3 Å². The van der Waals surface area contributed by atoms with E-state index in [1.54, 1.807) is 0 Å². The molecule has 4 rings (SSSR count). The van der Waals surface area contributed by atoms with E-state index in [1.165, 1.54) is 11.3 Å². The van der Waals surface area contributed by atoms with Gasteiger partial charge in [0.1, 0.15) is 17.3 Å². The number of fused-ring (bicyclic) bond motifs is 1. The highest BCUT2D eigenvalue weighted by Crippen LogP contribution is 2.30. The predicted molar refractivity (Wildman–Crippen MR) is 99.3 cm³/mol. The number of anilines is 1. The van der Waals surface area contributed by atoms with Gasteiger partial charge in [0.15, 0.2) is 10.9 Å². The van der Waals surface area contributed by atoms with Crippen molar-refractivity contribution in [3.05, 3.63) is 35.7 Å². The van der Waals surface area contributed by atoms with Crippen molar-refractivity contribution in [2.75, 3.05) is 5.32 Å². The second kappa shape index (κ2) is 6.59. The summed E-state index contributed by atoms with van der Waals surface area (Å²) < 4.78 is 5.82. The fourth-order valence-corrected chi connectivity index (χ4v) is 3.64. The molecule has 0 aliphatic carbocycles. The molecule has 130 valence electrons. The molecular formula is C18H20N4O2S. The van der Waals surface area contributed by atoms with Gasteiger partial charge in [0.2, 0.25) is 5.91 Å². The lowest BCUT2D eigenvalue weighted by molar-refractivity contribution is -0.117. The molecule has 0 spiro atoms. The molecule has 6 nitrogen and oxygen atoms in total. The highest BCUT2D eigenvalue weighted by atomic mass is 32.1. The Bertz CT molecular complexity index is 868. The number of amides is 1. The largest absolute Gasteiger partial charge is 0.454 e. The normalized spacial score (nSPS) is 20.4. The molecule has 2 aromatic heterocycles. The molecule has 1 fully saturated rings. The van der Waals surface area contributed by atoms with Crippen molar-refractivity contribution in [3.63, 3.8) is 0 Å². The standard InChI is InChI=1S/C18H20N4O2S/c1-10(2)12-8-13(22-21-12)17(23)20-18-19-14(9-25-18)16-7-11-5-3-4-6-15(11)24-16/h3-7,9-10,12-13,21-22H,8H2,1-2H3,(H,19,20,23). The Morgan fingerprint density at radius 2 is 2.20 bits per heavy atom. The number of nitrogens with one attached hydrogen (secondary N) is 3. The lowest BCUT2D eigenvalue weighted by Gasteiger charge is -2.12. The van der Waals surface area contributed by atoms with Gasteiger partial charge in [0, 0.05) is 16.8 Å². The van der Waals surface area contributed by atoms with Gasteiger partial charge in [-0.2, -0.15) is 0 Å². The van der Waals surface area contributed by atoms with Crippen molar-refractivity contribution >= 4 is 33.3 Å². The quantitative estimate of drug-likeness (QED) is 0.668. The molecule has 0 bridgehead atoms. The van der Waals surface area contributed by atoms with Crippen LogP contribution in [0.2, 0.25) is 0 Å². The van der Waals surface area contributed by atoms with Crippen LogP contribution in [0.15, 0.2) is 40.1 Å². The van der Waals surface area contributed by atoms with Gasteiger partial charge >= 0.3 is 0 Å². The minimum Gasteiger partial charge on any atom is -0.454 e. The molecular weight excluding hydrogens is 336 g/mol. The topological polar surface area (TPSA) is 79.2 Å². The summed E-state index contributed by atoms with van der Waals surface area (Å²) in [5, 5.41) is 6.40. The van der Waals surface area contributed by atoms with Crippen LogP contribution in [0.4, 0.5) is 5.13 Å². The molecule has 2 atom stereocenters. The molecule has 1 aromatic carbocycles. The number of rotatable bonds is 4. The van der Waals surface area contributed by atoms with Crippen molar-refractivity contribution in [3.8, 4) is 11.5 Å². The van der Waals surface area contributed by atoms with Crippen LogP contribution in [0.25, 0.3) is 22.4 Å². The molecule has 0 saturated carbocycles. The maximum Gasteiger partial charge on any atom is 0.244 e. The first-order chi connectivity index (χ1) is 12.1. The van der Waals surface area contributed by atoms with Gasteiger partial charge in [-0.05, 0) is 24.5 Å². The Labute approximate surface area is 149 Å². The van der Waals surface area contributed by atoms with Gasteiger partial charge in [-0.15, -0.1) is 11.3 Å². The van der Waals surface area contributed by atoms with Gasteiger partial charge in [-0.3, -0.25) is 10.2 Å². The van der Waals surface area contributed by atoms with Crippen molar-refractivity contribution < 1.29 is 9.21 Å². The fourth-order valence-electron chi connectivity index (χ4n) is 2.94. The number of carbonyl (C=O) groups is 1. The second-order valence-electron chi connectivity index (χ2n) is 6.60. The van der Waals surface area contributed by atoms with E-state index < -0.39 is 0 Å². The van der Waals surface area contributed by atoms with Crippen LogP contribution in [0, 0.1) is 5.92 Å². The lowest BCUT2D eigenvalue weighted by Crippen LogP contribution is -2.40. The number of thiazole rings is 1. The summed E-state index contributed by atoms with van der Waals surface area (Å²) in [7, 11) is 0. The number of benzene rings is 1. The number of para-hydroxylation sites is 1. The number of carbonyl (C=O) groups excluding carboxylic acids is 1. The van der Waals surface area contributed by atoms with E-state index in [0.29, 0.717) is 22.9 Å². The molecule has 1 aliphatic heterocycles. The Kier molecular flexibility index (Phi) is 4.29. The Morgan fingerprint density at radius 1 is 1.36 bits per heavy atom. The van der Waals surface area contributed by atoms with E-state index in [4.69, 9.17) is 4.42 Å². The molecule has 7 heteroatoms. The van der Waals surface area contributed by atoms with E-state index in [2.05, 4.69) is 35.0 Å². The Morgan fingerprint density at radius 3 is 2.96 bits per heavy atom. The Hall–Kier alpha value is -2.22. The van der Waals surface area contributed by atoms with E-state index >= 15 is 0 Å². The van der Waals surface area contributed by atoms with Crippen molar-refractivity contribution in [1.29, 1.82) is 0 Å². The van der Waals surface area contributed by atoms with Gasteiger partial charge in [0.25, 0.3) is 0 Å². The Balaban J connectivity index is 1.45. The smallest absolute Gasteiger partial charge is 0.244 e. The maximum absolute atomic E-state index is 12.4. The van der Waals surface area contributed by atoms with Crippen LogP contribution in [-0.4, -0.2) is 23.0 Å². The maximum atomic E-state index is 12.4. The van der Waals surface area contributed by atoms with Gasteiger partial charge < -0.3 is 9.73 Å². The predicted octanol–water partition coefficient (Wildman–Crippen LogP) is 3.39. The van der Waals surface area contributed by atoms with Gasteiger partial charge in [0.05, 0.1) is 0 Å². The molecule has 3 N–H and O–H groups in total. The van der Waals surface area contributed by atoms with E-state index in [-0.39, 0.29) is 11.9 Å². The SMILES string of the molecule is CC(C)C1CC(C(=O)Nc2nc(-c3cc4ccccc4o3)cs2)NN1. The number of furan rings is 1. The van der Waals surface area contributed by atoms with Crippen LogP contribution < -0.4 is 16.2 Å². The van der Waals surface area contributed by atoms with Crippen LogP contribution in [-0.2, 0) is 4.79 Å². The molecule has 1 saturated heterocycles. The summed E-state index contributed by atoms with van der Waals surface area (Å²) in [6.45, 7) is 4.28. The van der Waals surface area contributed by atoms with Crippen LogP contribution in [0.3, 0.4) is 0 Å². The molecule has 2 unspecified atom stereocenters. The summed E-state index contributed by atoms with van der Waals surface area (Å²) in [5.41, 5.74) is 7.80. The monoisotopic (exact) mass is 356 g/mol. The minimum absolute atomic E-state index is 0.0684. The number of hydrazine groups is 1. The zero-order valence-electron chi connectivity index (χ0n) is 14.1. The third-order valence-electron chi connectivity index (χ3n) is 4.47. The summed E-state index contributed by atoms with van der Waals surface area (Å²) >= 11 is 1.40. The van der Waals surface area contributed by atoms with Crippen molar-refractivity contribution in [1.82, 2.24) is 15.8 Å². The minimum atomic E-state index is -0.244. The summed E-state index contributed by atoms with van der Waals surface area (Å²) in [5.74, 6) is 1.12. The molecule has 25 heavy (non-hydrogen) atoms. The molecule has 3 aromatic rings. The third kappa shape index (κ3) is 3.30. The number of aromatic nitrogens is 1. The lowest BCUT2D eigenvalue weighted by atomic mass is 9.99. The van der Waals surface area contributed by atoms with Crippen LogP contribution >= 0.6 is 11.3 Å². The van der Waals surface area contributed by atoms with E-state index in [9.17, 15) is 4.79 Å². The summed E-state index contributed by atoms with van der Waals surface area (Å²) in [6.07, 6.45) is 0.769. The highest BCUT2D eigenvalue weighted by molar-refractivity contribution is 7.14. The number of hydrogen-bond donors (Lipinski definition) is 3. The third-order valence-corrected chi connectivity index (χ3v) is 5.22. The van der Waals surface area contributed by atoms with E-state index in [1.807, 2.05) is 35.7 Å². The van der Waals surface area contributed by atoms with Gasteiger partial charge in [-0.25, -0.2) is 10.4 Å². The first-order valence-corrected chi connectivity index (χ1v) is 9.24.